The SMILES string of the molecule is Cc1cc(C(C)(O)CNC(=O)Nc2cccc([N+](=O)[O-])c2)c(C)o1. The van der Waals surface area contributed by atoms with Gasteiger partial charge in [0.1, 0.15) is 17.1 Å². The maximum Gasteiger partial charge on any atom is 0.319 e. The third kappa shape index (κ3) is 4.11. The minimum atomic E-state index is -1.30. The van der Waals surface area contributed by atoms with Crippen LogP contribution < -0.4 is 10.6 Å². The third-order valence-corrected chi connectivity index (χ3v) is 3.53. The van der Waals surface area contributed by atoms with E-state index in [0.717, 1.165) is 0 Å². The molecule has 0 spiro atoms. The third-order valence-electron chi connectivity index (χ3n) is 3.53. The molecular formula is C16H19N3O5. The van der Waals surface area contributed by atoms with Gasteiger partial charge in [-0.25, -0.2) is 4.79 Å². The number of amides is 2. The summed E-state index contributed by atoms with van der Waals surface area (Å²) in [5, 5.41) is 26.3. The first-order chi connectivity index (χ1) is 11.2. The average Bonchev–Trinajstić information content (AvgIpc) is 2.85. The predicted octanol–water partition coefficient (Wildman–Crippen LogP) is 2.83. The highest BCUT2D eigenvalue weighted by atomic mass is 16.6. The molecule has 0 saturated carbocycles. The lowest BCUT2D eigenvalue weighted by atomic mass is 9.96. The number of urea groups is 1. The number of benzene rings is 1. The molecule has 24 heavy (non-hydrogen) atoms. The highest BCUT2D eigenvalue weighted by Gasteiger charge is 2.28. The minimum absolute atomic E-state index is 0.0480. The second kappa shape index (κ2) is 6.71. The topological polar surface area (TPSA) is 118 Å². The molecule has 1 heterocycles. The van der Waals surface area contributed by atoms with Crippen molar-refractivity contribution in [1.29, 1.82) is 0 Å². The number of nitro groups is 1. The molecule has 0 bridgehead atoms. The molecule has 8 nitrogen and oxygen atoms in total. The molecule has 1 aromatic heterocycles. The van der Waals surface area contributed by atoms with E-state index in [1.54, 1.807) is 26.8 Å². The van der Waals surface area contributed by atoms with Gasteiger partial charge in [0.05, 0.1) is 11.5 Å². The fourth-order valence-electron chi connectivity index (χ4n) is 2.39. The molecular weight excluding hydrogens is 314 g/mol. The smallest absolute Gasteiger partial charge is 0.319 e. The number of carbonyl (C=O) groups excluding carboxylic acids is 1. The molecule has 0 aliphatic heterocycles. The zero-order chi connectivity index (χ0) is 17.9. The van der Waals surface area contributed by atoms with E-state index in [9.17, 15) is 20.0 Å². The molecule has 0 fully saturated rings. The number of nitrogens with one attached hydrogen (secondary N) is 2. The Hall–Kier alpha value is -2.87. The van der Waals surface area contributed by atoms with Gasteiger partial charge in [0.25, 0.3) is 5.69 Å². The maximum absolute atomic E-state index is 11.9. The predicted molar refractivity (Wildman–Crippen MR) is 87.9 cm³/mol. The molecule has 1 aromatic carbocycles. The molecule has 8 heteroatoms. The number of furan rings is 1. The Balaban J connectivity index is 1.99. The standard InChI is InChI=1S/C16H19N3O5/c1-10-7-14(11(2)24-10)16(3,21)9-17-15(20)18-12-5-4-6-13(8-12)19(22)23/h4-8,21H,9H2,1-3H3,(H2,17,18,20). The van der Waals surface area contributed by atoms with E-state index in [0.29, 0.717) is 17.1 Å². The Bertz CT molecular complexity index is 767. The Morgan fingerprint density at radius 1 is 1.38 bits per heavy atom. The normalized spacial score (nSPS) is 13.2. The van der Waals surface area contributed by atoms with Crippen molar-refractivity contribution in [1.82, 2.24) is 5.32 Å². The average molecular weight is 333 g/mol. The van der Waals surface area contributed by atoms with Crippen molar-refractivity contribution in [3.05, 3.63) is 57.5 Å². The Labute approximate surface area is 138 Å². The van der Waals surface area contributed by atoms with E-state index in [-0.39, 0.29) is 17.9 Å². The quantitative estimate of drug-likeness (QED) is 0.574. The van der Waals surface area contributed by atoms with Crippen molar-refractivity contribution in [3.63, 3.8) is 0 Å². The second-order valence-corrected chi connectivity index (χ2v) is 5.72. The number of nitro benzene ring substituents is 1. The van der Waals surface area contributed by atoms with Crippen molar-refractivity contribution in [3.8, 4) is 0 Å². The zero-order valence-electron chi connectivity index (χ0n) is 13.6. The van der Waals surface area contributed by atoms with Crippen LogP contribution >= 0.6 is 0 Å². The van der Waals surface area contributed by atoms with Crippen LogP contribution in [-0.4, -0.2) is 22.6 Å². The highest BCUT2D eigenvalue weighted by Crippen LogP contribution is 2.26. The van der Waals surface area contributed by atoms with Crippen molar-refractivity contribution >= 4 is 17.4 Å². The summed E-state index contributed by atoms with van der Waals surface area (Å²) in [5.41, 5.74) is -0.543. The minimum Gasteiger partial charge on any atom is -0.466 e. The number of carbonyl (C=O) groups is 1. The highest BCUT2D eigenvalue weighted by molar-refractivity contribution is 5.89. The van der Waals surface area contributed by atoms with E-state index < -0.39 is 16.6 Å². The van der Waals surface area contributed by atoms with Gasteiger partial charge < -0.3 is 20.2 Å². The van der Waals surface area contributed by atoms with Gasteiger partial charge in [-0.3, -0.25) is 10.1 Å². The summed E-state index contributed by atoms with van der Waals surface area (Å²) in [6, 6.07) is 6.73. The van der Waals surface area contributed by atoms with E-state index in [1.807, 2.05) is 0 Å². The van der Waals surface area contributed by atoms with Gasteiger partial charge in [0, 0.05) is 23.4 Å². The lowest BCUT2D eigenvalue weighted by Crippen LogP contribution is -2.40. The van der Waals surface area contributed by atoms with Crippen molar-refractivity contribution in [2.75, 3.05) is 11.9 Å². The molecule has 0 aliphatic rings. The lowest BCUT2D eigenvalue weighted by Gasteiger charge is -2.23. The molecule has 0 aliphatic carbocycles. The van der Waals surface area contributed by atoms with Crippen LogP contribution in [0, 0.1) is 24.0 Å². The summed E-state index contributed by atoms with van der Waals surface area (Å²) < 4.78 is 5.39. The largest absolute Gasteiger partial charge is 0.466 e. The molecule has 2 amide bonds. The monoisotopic (exact) mass is 333 g/mol. The van der Waals surface area contributed by atoms with Gasteiger partial charge in [0.15, 0.2) is 0 Å². The van der Waals surface area contributed by atoms with Crippen molar-refractivity contribution in [2.45, 2.75) is 26.4 Å². The number of aliphatic hydroxyl groups is 1. The molecule has 2 rings (SSSR count). The number of hydrogen-bond donors (Lipinski definition) is 3. The van der Waals surface area contributed by atoms with Crippen LogP contribution in [0.2, 0.25) is 0 Å². The van der Waals surface area contributed by atoms with Crippen molar-refractivity contribution < 1.29 is 19.2 Å². The zero-order valence-corrected chi connectivity index (χ0v) is 13.6. The van der Waals surface area contributed by atoms with E-state index in [1.165, 1.54) is 24.3 Å². The van der Waals surface area contributed by atoms with Crippen LogP contribution in [0.1, 0.15) is 24.0 Å². The first-order valence-corrected chi connectivity index (χ1v) is 7.28. The first kappa shape index (κ1) is 17.5. The van der Waals surface area contributed by atoms with Gasteiger partial charge in [-0.05, 0) is 32.9 Å². The summed E-state index contributed by atoms with van der Waals surface area (Å²) in [7, 11) is 0. The van der Waals surface area contributed by atoms with Crippen molar-refractivity contribution in [2.24, 2.45) is 0 Å². The second-order valence-electron chi connectivity index (χ2n) is 5.72. The first-order valence-electron chi connectivity index (χ1n) is 7.28. The van der Waals surface area contributed by atoms with Crippen LogP contribution in [0.3, 0.4) is 0 Å². The molecule has 0 saturated heterocycles. The van der Waals surface area contributed by atoms with Gasteiger partial charge in [-0.2, -0.15) is 0 Å². The fourth-order valence-corrected chi connectivity index (χ4v) is 2.39. The molecule has 1 unspecified atom stereocenters. The van der Waals surface area contributed by atoms with Crippen LogP contribution in [0.25, 0.3) is 0 Å². The maximum atomic E-state index is 11.9. The number of nitrogens with zero attached hydrogens (tertiary/aromatic N) is 1. The molecule has 2 aromatic rings. The van der Waals surface area contributed by atoms with Crippen LogP contribution in [0.5, 0.6) is 0 Å². The molecule has 3 N–H and O–H groups in total. The van der Waals surface area contributed by atoms with Crippen LogP contribution in [-0.2, 0) is 5.60 Å². The molecule has 1 atom stereocenters. The number of non-ortho nitro benzene ring substituents is 1. The number of anilines is 1. The number of rotatable bonds is 5. The lowest BCUT2D eigenvalue weighted by molar-refractivity contribution is -0.384. The Morgan fingerprint density at radius 3 is 2.67 bits per heavy atom. The summed E-state index contributed by atoms with van der Waals surface area (Å²) in [6.45, 7) is 5.03. The summed E-state index contributed by atoms with van der Waals surface area (Å²) in [6.07, 6.45) is 0. The fraction of sp³-hybridized carbons (Fsp3) is 0.312. The summed E-state index contributed by atoms with van der Waals surface area (Å²) >= 11 is 0. The van der Waals surface area contributed by atoms with Crippen LogP contribution in [0.4, 0.5) is 16.2 Å². The van der Waals surface area contributed by atoms with Gasteiger partial charge >= 0.3 is 6.03 Å². The van der Waals surface area contributed by atoms with E-state index in [4.69, 9.17) is 4.42 Å². The van der Waals surface area contributed by atoms with E-state index >= 15 is 0 Å². The van der Waals surface area contributed by atoms with Gasteiger partial charge in [-0.1, -0.05) is 6.07 Å². The number of hydrogen-bond acceptors (Lipinski definition) is 5. The Kier molecular flexibility index (Phi) is 4.89. The molecule has 0 radical (unpaired) electrons. The number of aryl methyl sites for hydroxylation is 2. The molecule has 128 valence electrons. The van der Waals surface area contributed by atoms with Gasteiger partial charge in [-0.15, -0.1) is 0 Å². The van der Waals surface area contributed by atoms with E-state index in [2.05, 4.69) is 10.6 Å². The summed E-state index contributed by atoms with van der Waals surface area (Å²) in [5.74, 6) is 1.25. The Morgan fingerprint density at radius 2 is 2.08 bits per heavy atom. The van der Waals surface area contributed by atoms with Crippen LogP contribution in [0.15, 0.2) is 34.7 Å². The van der Waals surface area contributed by atoms with Gasteiger partial charge in [0.2, 0.25) is 0 Å². The summed E-state index contributed by atoms with van der Waals surface area (Å²) in [4.78, 5) is 22.1.